The smallest absolute Gasteiger partial charge is 0.196 e. The summed E-state index contributed by atoms with van der Waals surface area (Å²) in [7, 11) is 0. The van der Waals surface area contributed by atoms with Gasteiger partial charge >= 0.3 is 0 Å². The molecule has 0 spiro atoms. The Hall–Kier alpha value is -1.89. The topological polar surface area (TPSA) is 56.7 Å². The zero-order valence-electron chi connectivity index (χ0n) is 9.78. The van der Waals surface area contributed by atoms with Gasteiger partial charge in [-0.1, -0.05) is 5.21 Å². The molecule has 96 valence electrons. The van der Waals surface area contributed by atoms with Crippen LogP contribution in [0.5, 0.6) is 0 Å². The molecule has 0 amide bonds. The lowest BCUT2D eigenvalue weighted by atomic mass is 10.0. The predicted molar refractivity (Wildman–Crippen MR) is 58.4 cm³/mol. The number of hydrogen-bond acceptors (Lipinski definition) is 3. The van der Waals surface area contributed by atoms with E-state index in [-0.39, 0.29) is 5.69 Å². The van der Waals surface area contributed by atoms with Crippen LogP contribution in [0.3, 0.4) is 0 Å². The van der Waals surface area contributed by atoms with Crippen molar-refractivity contribution in [3.63, 3.8) is 0 Å². The van der Waals surface area contributed by atoms with Gasteiger partial charge in [0.15, 0.2) is 17.5 Å². The van der Waals surface area contributed by atoms with Crippen LogP contribution in [0.2, 0.25) is 0 Å². The lowest BCUT2D eigenvalue weighted by molar-refractivity contribution is 0.442. The van der Waals surface area contributed by atoms with Crippen LogP contribution in [0.4, 0.5) is 13.2 Å². The maximum Gasteiger partial charge on any atom is 0.196 e. The van der Waals surface area contributed by atoms with E-state index >= 15 is 0 Å². The summed E-state index contributed by atoms with van der Waals surface area (Å²) in [6.07, 6.45) is 1.37. The summed E-state index contributed by atoms with van der Waals surface area (Å²) in [5, 5.41) is 7.40. The maximum absolute atomic E-state index is 13.5. The molecule has 0 aliphatic rings. The van der Waals surface area contributed by atoms with Crippen LogP contribution in [-0.2, 0) is 5.54 Å². The molecule has 2 aromatic rings. The molecule has 0 aliphatic heterocycles. The van der Waals surface area contributed by atoms with Gasteiger partial charge in [0, 0.05) is 0 Å². The van der Waals surface area contributed by atoms with Crippen LogP contribution >= 0.6 is 0 Å². The van der Waals surface area contributed by atoms with Crippen molar-refractivity contribution >= 4 is 0 Å². The molecule has 0 fully saturated rings. The highest BCUT2D eigenvalue weighted by molar-refractivity contribution is 5.34. The van der Waals surface area contributed by atoms with Crippen LogP contribution in [0.1, 0.15) is 19.5 Å². The quantitative estimate of drug-likeness (QED) is 0.835. The second-order valence-electron chi connectivity index (χ2n) is 4.46. The number of nitrogens with two attached hydrogens (primary N) is 1. The SMILES string of the molecule is CC(C)(N)c1cn(-c2ccc(F)c(F)c2F)nn1. The normalized spacial score (nSPS) is 11.9. The van der Waals surface area contributed by atoms with E-state index < -0.39 is 23.0 Å². The summed E-state index contributed by atoms with van der Waals surface area (Å²) in [5.74, 6) is -4.12. The van der Waals surface area contributed by atoms with Crippen LogP contribution in [0.25, 0.3) is 5.69 Å². The first-order valence-corrected chi connectivity index (χ1v) is 5.16. The van der Waals surface area contributed by atoms with Gasteiger partial charge in [-0.15, -0.1) is 5.10 Å². The molecule has 0 bridgehead atoms. The molecule has 1 heterocycles. The molecule has 0 radical (unpaired) electrons. The van der Waals surface area contributed by atoms with E-state index in [4.69, 9.17) is 5.73 Å². The van der Waals surface area contributed by atoms with Crippen molar-refractivity contribution in [3.05, 3.63) is 41.5 Å². The molecule has 1 aromatic heterocycles. The fraction of sp³-hybridized carbons (Fsp3) is 0.273. The molecule has 18 heavy (non-hydrogen) atoms. The number of halogens is 3. The Morgan fingerprint density at radius 2 is 1.83 bits per heavy atom. The van der Waals surface area contributed by atoms with Gasteiger partial charge in [-0.05, 0) is 26.0 Å². The molecule has 2 rings (SSSR count). The van der Waals surface area contributed by atoms with Gasteiger partial charge < -0.3 is 5.73 Å². The van der Waals surface area contributed by atoms with Crippen molar-refractivity contribution in [2.24, 2.45) is 5.73 Å². The van der Waals surface area contributed by atoms with Gasteiger partial charge in [0.1, 0.15) is 11.4 Å². The van der Waals surface area contributed by atoms with E-state index in [0.717, 1.165) is 16.8 Å². The summed E-state index contributed by atoms with van der Waals surface area (Å²) in [4.78, 5) is 0. The third kappa shape index (κ3) is 2.08. The Balaban J connectivity index is 2.50. The van der Waals surface area contributed by atoms with Crippen molar-refractivity contribution in [2.75, 3.05) is 0 Å². The highest BCUT2D eigenvalue weighted by Gasteiger charge is 2.21. The summed E-state index contributed by atoms with van der Waals surface area (Å²) >= 11 is 0. The number of nitrogens with zero attached hydrogens (tertiary/aromatic N) is 3. The zero-order chi connectivity index (χ0) is 13.5. The third-order valence-corrected chi connectivity index (χ3v) is 2.42. The van der Waals surface area contributed by atoms with E-state index in [0.29, 0.717) is 5.69 Å². The Kier molecular flexibility index (Phi) is 2.86. The minimum Gasteiger partial charge on any atom is -0.320 e. The highest BCUT2D eigenvalue weighted by Crippen LogP contribution is 2.20. The first-order chi connectivity index (χ1) is 8.30. The Morgan fingerprint density at radius 1 is 1.17 bits per heavy atom. The van der Waals surface area contributed by atoms with Crippen molar-refractivity contribution in [2.45, 2.75) is 19.4 Å². The Labute approximate surface area is 101 Å². The second kappa shape index (κ2) is 4.09. The first-order valence-electron chi connectivity index (χ1n) is 5.16. The van der Waals surface area contributed by atoms with Gasteiger partial charge in [0.05, 0.1) is 11.7 Å². The first kappa shape index (κ1) is 12.6. The number of hydrogen-bond donors (Lipinski definition) is 1. The largest absolute Gasteiger partial charge is 0.320 e. The number of benzene rings is 1. The van der Waals surface area contributed by atoms with Gasteiger partial charge in [0.2, 0.25) is 0 Å². The molecule has 4 nitrogen and oxygen atoms in total. The van der Waals surface area contributed by atoms with Gasteiger partial charge in [-0.3, -0.25) is 0 Å². The van der Waals surface area contributed by atoms with Crippen molar-refractivity contribution in [3.8, 4) is 5.69 Å². The van der Waals surface area contributed by atoms with E-state index in [1.165, 1.54) is 6.20 Å². The van der Waals surface area contributed by atoms with Crippen molar-refractivity contribution in [1.29, 1.82) is 0 Å². The highest BCUT2D eigenvalue weighted by atomic mass is 19.2. The van der Waals surface area contributed by atoms with Crippen LogP contribution in [0, 0.1) is 17.5 Å². The fourth-order valence-corrected chi connectivity index (χ4v) is 1.37. The van der Waals surface area contributed by atoms with Crippen molar-refractivity contribution < 1.29 is 13.2 Å². The Morgan fingerprint density at radius 3 is 2.39 bits per heavy atom. The molecule has 0 saturated heterocycles. The standard InChI is InChI=1S/C11H11F3N4/c1-11(2,15)8-5-18(17-16-8)7-4-3-6(12)9(13)10(7)14/h3-5H,15H2,1-2H3. The van der Waals surface area contributed by atoms with Crippen LogP contribution in [0.15, 0.2) is 18.3 Å². The number of rotatable bonds is 2. The monoisotopic (exact) mass is 256 g/mol. The minimum atomic E-state index is -1.54. The maximum atomic E-state index is 13.5. The van der Waals surface area contributed by atoms with E-state index in [9.17, 15) is 13.2 Å². The van der Waals surface area contributed by atoms with E-state index in [1.807, 2.05) is 0 Å². The molecular formula is C11H11F3N4. The van der Waals surface area contributed by atoms with Crippen LogP contribution in [-0.4, -0.2) is 15.0 Å². The molecule has 7 heteroatoms. The summed E-state index contributed by atoms with van der Waals surface area (Å²) in [6.45, 7) is 3.39. The average molecular weight is 256 g/mol. The molecule has 1 aromatic carbocycles. The molecule has 0 unspecified atom stereocenters. The average Bonchev–Trinajstić information content (AvgIpc) is 2.75. The third-order valence-electron chi connectivity index (χ3n) is 2.42. The van der Waals surface area contributed by atoms with Crippen molar-refractivity contribution in [1.82, 2.24) is 15.0 Å². The number of aromatic nitrogens is 3. The minimum absolute atomic E-state index is 0.225. The van der Waals surface area contributed by atoms with E-state index in [1.54, 1.807) is 13.8 Å². The lowest BCUT2D eigenvalue weighted by Gasteiger charge is -2.13. The molecular weight excluding hydrogens is 245 g/mol. The predicted octanol–water partition coefficient (Wildman–Crippen LogP) is 1.88. The molecule has 2 N–H and O–H groups in total. The summed E-state index contributed by atoms with van der Waals surface area (Å²) < 4.78 is 40.4. The van der Waals surface area contributed by atoms with Gasteiger partial charge in [-0.25, -0.2) is 17.9 Å². The van der Waals surface area contributed by atoms with Gasteiger partial charge in [0.25, 0.3) is 0 Å². The molecule has 0 atom stereocenters. The molecule has 0 aliphatic carbocycles. The lowest BCUT2D eigenvalue weighted by Crippen LogP contribution is -2.29. The Bertz CT molecular complexity index is 586. The summed E-state index contributed by atoms with van der Waals surface area (Å²) in [6, 6.07) is 1.90. The fourth-order valence-electron chi connectivity index (χ4n) is 1.37. The molecule has 0 saturated carbocycles. The second-order valence-corrected chi connectivity index (χ2v) is 4.46. The van der Waals surface area contributed by atoms with Gasteiger partial charge in [-0.2, -0.15) is 0 Å². The zero-order valence-corrected chi connectivity index (χ0v) is 9.78. The summed E-state index contributed by atoms with van der Waals surface area (Å²) in [5.41, 5.74) is 5.22. The van der Waals surface area contributed by atoms with Crippen LogP contribution < -0.4 is 5.73 Å². The van der Waals surface area contributed by atoms with E-state index in [2.05, 4.69) is 10.3 Å².